The Balaban J connectivity index is 2.48. The Kier molecular flexibility index (Phi) is 7.92. The molecule has 0 aliphatic carbocycles. The summed E-state index contributed by atoms with van der Waals surface area (Å²) in [7, 11) is 2.09. The van der Waals surface area contributed by atoms with Crippen LogP contribution in [0.4, 0.5) is 5.82 Å². The molecule has 5 heteroatoms. The van der Waals surface area contributed by atoms with Gasteiger partial charge in [-0.05, 0) is 49.9 Å². The maximum absolute atomic E-state index is 4.33. The Morgan fingerprint density at radius 3 is 2.55 bits per heavy atom. The Morgan fingerprint density at radius 2 is 2.00 bits per heavy atom. The van der Waals surface area contributed by atoms with Crippen molar-refractivity contribution in [2.45, 2.75) is 39.8 Å². The van der Waals surface area contributed by atoms with Gasteiger partial charge < -0.3 is 10.2 Å². The molecule has 20 heavy (non-hydrogen) atoms. The van der Waals surface area contributed by atoms with E-state index in [-0.39, 0.29) is 0 Å². The number of nitrogens with zero attached hydrogens (tertiary/aromatic N) is 3. The van der Waals surface area contributed by atoms with Gasteiger partial charge >= 0.3 is 0 Å². The number of rotatable bonds is 9. The van der Waals surface area contributed by atoms with E-state index >= 15 is 0 Å². The predicted octanol–water partition coefficient (Wildman–Crippen LogP) is 2.80. The van der Waals surface area contributed by atoms with Gasteiger partial charge in [-0.15, -0.1) is 5.10 Å². The van der Waals surface area contributed by atoms with Crippen LogP contribution >= 0.6 is 11.8 Å². The highest BCUT2D eigenvalue weighted by Gasteiger charge is 2.11. The zero-order valence-electron chi connectivity index (χ0n) is 13.4. The molecule has 1 aromatic rings. The molecule has 0 aliphatic heterocycles. The molecule has 0 bridgehead atoms. The van der Waals surface area contributed by atoms with Crippen LogP contribution in [0.25, 0.3) is 0 Å². The third kappa shape index (κ3) is 6.09. The van der Waals surface area contributed by atoms with Crippen molar-refractivity contribution in [2.75, 3.05) is 30.5 Å². The Labute approximate surface area is 127 Å². The topological polar surface area (TPSA) is 41.0 Å². The fourth-order valence-corrected chi connectivity index (χ4v) is 2.41. The minimum Gasteiger partial charge on any atom is -0.355 e. The van der Waals surface area contributed by atoms with Crippen LogP contribution in [-0.4, -0.2) is 41.8 Å². The molecule has 0 aromatic carbocycles. The van der Waals surface area contributed by atoms with Gasteiger partial charge in [0, 0.05) is 19.6 Å². The number of thioether (sulfide) groups is 1. The normalized spacial score (nSPS) is 12.7. The van der Waals surface area contributed by atoms with Gasteiger partial charge in [0.1, 0.15) is 0 Å². The first-order chi connectivity index (χ1) is 9.54. The summed E-state index contributed by atoms with van der Waals surface area (Å²) < 4.78 is 0. The summed E-state index contributed by atoms with van der Waals surface area (Å²) >= 11 is 1.89. The maximum atomic E-state index is 4.33. The predicted molar refractivity (Wildman–Crippen MR) is 89.4 cm³/mol. The standard InChI is InChI=1S/C15H28N4S/c1-12(2)10-16-11-14-6-7-15(18-17-14)19(4)13(3)8-9-20-5/h6-7,12-13,16H,8-11H2,1-5H3. The van der Waals surface area contributed by atoms with E-state index in [0.717, 1.165) is 31.0 Å². The van der Waals surface area contributed by atoms with Crippen molar-refractivity contribution in [2.24, 2.45) is 5.92 Å². The first-order valence-corrected chi connectivity index (χ1v) is 8.69. The summed E-state index contributed by atoms with van der Waals surface area (Å²) in [6.07, 6.45) is 3.31. The molecule has 4 nitrogen and oxygen atoms in total. The molecular formula is C15H28N4S. The van der Waals surface area contributed by atoms with Crippen molar-refractivity contribution in [1.82, 2.24) is 15.5 Å². The second-order valence-electron chi connectivity index (χ2n) is 5.65. The minimum atomic E-state index is 0.488. The molecule has 1 heterocycles. The highest BCUT2D eigenvalue weighted by molar-refractivity contribution is 7.98. The zero-order chi connectivity index (χ0) is 15.0. The van der Waals surface area contributed by atoms with Crippen molar-refractivity contribution < 1.29 is 0 Å². The summed E-state index contributed by atoms with van der Waals surface area (Å²) in [6, 6.07) is 4.62. The fourth-order valence-electron chi connectivity index (χ4n) is 1.83. The Morgan fingerprint density at radius 1 is 1.25 bits per heavy atom. The highest BCUT2D eigenvalue weighted by Crippen LogP contribution is 2.14. The van der Waals surface area contributed by atoms with E-state index < -0.39 is 0 Å². The first kappa shape index (κ1) is 17.2. The molecule has 1 unspecified atom stereocenters. The van der Waals surface area contributed by atoms with Crippen molar-refractivity contribution in [3.8, 4) is 0 Å². The van der Waals surface area contributed by atoms with Crippen LogP contribution in [0, 0.1) is 5.92 Å². The van der Waals surface area contributed by atoms with Crippen LogP contribution in [0.1, 0.15) is 32.9 Å². The Bertz CT molecular complexity index is 367. The van der Waals surface area contributed by atoms with Crippen molar-refractivity contribution >= 4 is 17.6 Å². The molecule has 1 N–H and O–H groups in total. The third-order valence-electron chi connectivity index (χ3n) is 3.33. The molecule has 0 saturated carbocycles. The number of hydrogen-bond donors (Lipinski definition) is 1. The Hall–Kier alpha value is -0.810. The molecule has 1 atom stereocenters. The SMILES string of the molecule is CSCCC(C)N(C)c1ccc(CNCC(C)C)nn1. The lowest BCUT2D eigenvalue weighted by Crippen LogP contribution is -2.30. The second-order valence-corrected chi connectivity index (χ2v) is 6.63. The van der Waals surface area contributed by atoms with Crippen LogP contribution in [0.15, 0.2) is 12.1 Å². The van der Waals surface area contributed by atoms with Crippen molar-refractivity contribution in [3.05, 3.63) is 17.8 Å². The monoisotopic (exact) mass is 296 g/mol. The number of aromatic nitrogens is 2. The summed E-state index contributed by atoms with van der Waals surface area (Å²) in [5.74, 6) is 2.78. The lowest BCUT2D eigenvalue weighted by molar-refractivity contribution is 0.545. The minimum absolute atomic E-state index is 0.488. The van der Waals surface area contributed by atoms with E-state index in [0.29, 0.717) is 12.0 Å². The maximum Gasteiger partial charge on any atom is 0.151 e. The van der Waals surface area contributed by atoms with Gasteiger partial charge in [0.25, 0.3) is 0 Å². The van der Waals surface area contributed by atoms with Crippen molar-refractivity contribution in [3.63, 3.8) is 0 Å². The van der Waals surface area contributed by atoms with Gasteiger partial charge in [0.15, 0.2) is 5.82 Å². The number of hydrogen-bond acceptors (Lipinski definition) is 5. The highest BCUT2D eigenvalue weighted by atomic mass is 32.2. The van der Waals surface area contributed by atoms with Gasteiger partial charge in [-0.2, -0.15) is 16.9 Å². The number of nitrogens with one attached hydrogen (secondary N) is 1. The largest absolute Gasteiger partial charge is 0.355 e. The summed E-state index contributed by atoms with van der Waals surface area (Å²) in [5.41, 5.74) is 1.000. The van der Waals surface area contributed by atoms with Gasteiger partial charge in [0.05, 0.1) is 5.69 Å². The van der Waals surface area contributed by atoms with E-state index in [1.807, 2.05) is 11.8 Å². The zero-order valence-corrected chi connectivity index (χ0v) is 14.2. The van der Waals surface area contributed by atoms with Gasteiger partial charge in [-0.25, -0.2) is 0 Å². The lowest BCUT2D eigenvalue weighted by Gasteiger charge is -2.25. The third-order valence-corrected chi connectivity index (χ3v) is 3.97. The molecule has 0 spiro atoms. The quantitative estimate of drug-likeness (QED) is 0.759. The fraction of sp³-hybridized carbons (Fsp3) is 0.733. The average molecular weight is 296 g/mol. The molecule has 114 valence electrons. The van der Waals surface area contributed by atoms with E-state index in [4.69, 9.17) is 0 Å². The van der Waals surface area contributed by atoms with Crippen LogP contribution < -0.4 is 10.2 Å². The van der Waals surface area contributed by atoms with Gasteiger partial charge in [-0.1, -0.05) is 13.8 Å². The first-order valence-electron chi connectivity index (χ1n) is 7.29. The molecule has 1 rings (SSSR count). The molecule has 0 saturated heterocycles. The van der Waals surface area contributed by atoms with Crippen LogP contribution in [-0.2, 0) is 6.54 Å². The smallest absolute Gasteiger partial charge is 0.151 e. The van der Waals surface area contributed by atoms with E-state index in [2.05, 4.69) is 66.6 Å². The van der Waals surface area contributed by atoms with E-state index in [1.165, 1.54) is 5.75 Å². The van der Waals surface area contributed by atoms with E-state index in [9.17, 15) is 0 Å². The molecule has 0 amide bonds. The lowest BCUT2D eigenvalue weighted by atomic mass is 10.2. The molecular weight excluding hydrogens is 268 g/mol. The molecule has 0 radical (unpaired) electrons. The molecule has 0 fully saturated rings. The average Bonchev–Trinajstić information content (AvgIpc) is 2.44. The van der Waals surface area contributed by atoms with Gasteiger partial charge in [-0.3, -0.25) is 0 Å². The van der Waals surface area contributed by atoms with Crippen LogP contribution in [0.3, 0.4) is 0 Å². The van der Waals surface area contributed by atoms with Crippen LogP contribution in [0.2, 0.25) is 0 Å². The summed E-state index contributed by atoms with van der Waals surface area (Å²) in [4.78, 5) is 2.20. The van der Waals surface area contributed by atoms with E-state index in [1.54, 1.807) is 0 Å². The second kappa shape index (κ2) is 9.19. The van der Waals surface area contributed by atoms with Crippen molar-refractivity contribution in [1.29, 1.82) is 0 Å². The number of anilines is 1. The molecule has 0 aliphatic rings. The summed E-state index contributed by atoms with van der Waals surface area (Å²) in [5, 5.41) is 12.0. The van der Waals surface area contributed by atoms with Crippen LogP contribution in [0.5, 0.6) is 0 Å². The molecule has 1 aromatic heterocycles. The van der Waals surface area contributed by atoms with Gasteiger partial charge in [0.2, 0.25) is 0 Å². The summed E-state index contributed by atoms with van der Waals surface area (Å²) in [6.45, 7) is 8.43.